The summed E-state index contributed by atoms with van der Waals surface area (Å²) in [5.74, 6) is -0.155. The number of benzene rings is 2. The van der Waals surface area contributed by atoms with Crippen LogP contribution in [0.25, 0.3) is 21.9 Å². The largest absolute Gasteiger partial charge is 0.507 e. The van der Waals surface area contributed by atoms with Crippen molar-refractivity contribution in [3.63, 3.8) is 0 Å². The summed E-state index contributed by atoms with van der Waals surface area (Å²) in [7, 11) is 0. The highest BCUT2D eigenvalue weighted by atomic mass is 16.4. The van der Waals surface area contributed by atoms with Gasteiger partial charge in [-0.3, -0.25) is 9.78 Å². The molecular formula is C19H13NO4. The summed E-state index contributed by atoms with van der Waals surface area (Å²) < 4.78 is 5.26. The van der Waals surface area contributed by atoms with E-state index in [0.717, 1.165) is 5.56 Å². The molecule has 0 unspecified atom stereocenters. The summed E-state index contributed by atoms with van der Waals surface area (Å²) in [6, 6.07) is 16.2. The molecule has 2 heterocycles. The van der Waals surface area contributed by atoms with Crippen molar-refractivity contribution >= 4 is 21.9 Å². The van der Waals surface area contributed by atoms with Crippen LogP contribution in [-0.2, 0) is 6.42 Å². The van der Waals surface area contributed by atoms with E-state index in [0.29, 0.717) is 16.2 Å². The fourth-order valence-corrected chi connectivity index (χ4v) is 2.92. The van der Waals surface area contributed by atoms with Gasteiger partial charge in [0, 0.05) is 17.2 Å². The molecule has 0 spiro atoms. The third kappa shape index (κ3) is 2.18. The fourth-order valence-electron chi connectivity index (χ4n) is 2.92. The molecule has 2 aromatic heterocycles. The summed E-state index contributed by atoms with van der Waals surface area (Å²) in [5.41, 5.74) is 0.0170. The van der Waals surface area contributed by atoms with Crippen molar-refractivity contribution in [2.24, 2.45) is 0 Å². The topological polar surface area (TPSA) is 83.3 Å². The molecule has 4 aromatic rings. The van der Waals surface area contributed by atoms with E-state index in [1.807, 2.05) is 30.3 Å². The molecule has 2 N–H and O–H groups in total. The molecule has 0 aliphatic carbocycles. The first-order valence-corrected chi connectivity index (χ1v) is 7.49. The number of hydrogen-bond acceptors (Lipinski definition) is 4. The maximum Gasteiger partial charge on any atom is 0.344 e. The summed E-state index contributed by atoms with van der Waals surface area (Å²) in [5, 5.41) is 12.0. The summed E-state index contributed by atoms with van der Waals surface area (Å²) in [6.45, 7) is 0. The van der Waals surface area contributed by atoms with E-state index in [9.17, 15) is 14.7 Å². The van der Waals surface area contributed by atoms with Crippen molar-refractivity contribution < 1.29 is 9.52 Å². The lowest BCUT2D eigenvalue weighted by Crippen LogP contribution is -2.12. The minimum Gasteiger partial charge on any atom is -0.507 e. The third-order valence-corrected chi connectivity index (χ3v) is 4.08. The predicted octanol–water partition coefficient (Wildman–Crippen LogP) is 2.93. The molecule has 0 amide bonds. The Morgan fingerprint density at radius 1 is 0.917 bits per heavy atom. The van der Waals surface area contributed by atoms with Gasteiger partial charge in [0.2, 0.25) is 5.71 Å². The maximum atomic E-state index is 12.3. The van der Waals surface area contributed by atoms with E-state index in [1.54, 1.807) is 24.3 Å². The van der Waals surface area contributed by atoms with Crippen LogP contribution in [0.2, 0.25) is 0 Å². The maximum absolute atomic E-state index is 12.3. The molecule has 118 valence electrons. The van der Waals surface area contributed by atoms with E-state index < -0.39 is 5.63 Å². The molecule has 0 saturated heterocycles. The number of H-pyrrole nitrogens is 1. The zero-order valence-electron chi connectivity index (χ0n) is 12.6. The lowest BCUT2D eigenvalue weighted by Gasteiger charge is -2.08. The van der Waals surface area contributed by atoms with Crippen LogP contribution in [0.5, 0.6) is 5.75 Å². The van der Waals surface area contributed by atoms with Crippen molar-refractivity contribution in [3.8, 4) is 5.75 Å². The second kappa shape index (κ2) is 5.38. The standard InChI is InChI=1S/C19H13NO4/c21-16-14(10-11-6-2-1-3-7-11)19(23)24-18-15(16)12-8-4-5-9-13(12)17(22)20-18/h1-9,21H,10H2,(H,20,22). The van der Waals surface area contributed by atoms with Crippen LogP contribution in [0.3, 0.4) is 0 Å². The van der Waals surface area contributed by atoms with Gasteiger partial charge >= 0.3 is 5.63 Å². The molecule has 5 nitrogen and oxygen atoms in total. The summed E-state index contributed by atoms with van der Waals surface area (Å²) in [6.07, 6.45) is 0.248. The Labute approximate surface area is 135 Å². The van der Waals surface area contributed by atoms with Gasteiger partial charge in [0.1, 0.15) is 5.75 Å². The van der Waals surface area contributed by atoms with Gasteiger partial charge in [0.15, 0.2) is 0 Å². The Balaban J connectivity index is 2.06. The first-order valence-electron chi connectivity index (χ1n) is 7.49. The number of nitrogens with one attached hydrogen (secondary N) is 1. The van der Waals surface area contributed by atoms with Crippen LogP contribution in [0.15, 0.2) is 68.6 Å². The number of hydrogen-bond donors (Lipinski definition) is 2. The van der Waals surface area contributed by atoms with Crippen molar-refractivity contribution in [3.05, 3.63) is 86.5 Å². The second-order valence-electron chi connectivity index (χ2n) is 5.58. The molecule has 4 rings (SSSR count). The number of aromatic amines is 1. The predicted molar refractivity (Wildman–Crippen MR) is 91.5 cm³/mol. The highest BCUT2D eigenvalue weighted by molar-refractivity contribution is 6.06. The van der Waals surface area contributed by atoms with Gasteiger partial charge in [0.05, 0.1) is 10.9 Å². The number of aromatic hydroxyl groups is 1. The molecule has 0 aliphatic heterocycles. The molecule has 2 aromatic carbocycles. The SMILES string of the molecule is O=c1oc2[nH]c(=O)c3ccccc3c2c(O)c1Cc1ccccc1. The van der Waals surface area contributed by atoms with Gasteiger partial charge < -0.3 is 9.52 Å². The first kappa shape index (κ1) is 14.3. The molecule has 0 bridgehead atoms. The van der Waals surface area contributed by atoms with Crippen LogP contribution < -0.4 is 11.2 Å². The average Bonchev–Trinajstić information content (AvgIpc) is 2.59. The smallest absolute Gasteiger partial charge is 0.344 e. The van der Waals surface area contributed by atoms with Gasteiger partial charge in [-0.05, 0) is 11.6 Å². The molecule has 0 radical (unpaired) electrons. The highest BCUT2D eigenvalue weighted by Crippen LogP contribution is 2.31. The van der Waals surface area contributed by atoms with Gasteiger partial charge in [-0.2, -0.15) is 0 Å². The van der Waals surface area contributed by atoms with Crippen molar-refractivity contribution in [1.82, 2.24) is 4.98 Å². The Hall–Kier alpha value is -3.34. The Morgan fingerprint density at radius 2 is 1.58 bits per heavy atom. The van der Waals surface area contributed by atoms with E-state index in [4.69, 9.17) is 4.42 Å². The van der Waals surface area contributed by atoms with Gasteiger partial charge in [-0.15, -0.1) is 0 Å². The Bertz CT molecular complexity index is 1170. The second-order valence-corrected chi connectivity index (χ2v) is 5.58. The normalized spacial score (nSPS) is 11.2. The fraction of sp³-hybridized carbons (Fsp3) is 0.0526. The van der Waals surface area contributed by atoms with E-state index in [1.165, 1.54) is 0 Å². The van der Waals surface area contributed by atoms with Crippen LogP contribution in [0.1, 0.15) is 11.1 Å². The van der Waals surface area contributed by atoms with Crippen molar-refractivity contribution in [1.29, 1.82) is 0 Å². The van der Waals surface area contributed by atoms with Gasteiger partial charge in [-0.1, -0.05) is 48.5 Å². The first-order chi connectivity index (χ1) is 11.6. The van der Waals surface area contributed by atoms with Crippen LogP contribution in [0.4, 0.5) is 0 Å². The molecule has 0 saturated carbocycles. The van der Waals surface area contributed by atoms with E-state index >= 15 is 0 Å². The third-order valence-electron chi connectivity index (χ3n) is 4.08. The minimum atomic E-state index is -0.658. The lowest BCUT2D eigenvalue weighted by molar-refractivity contribution is 0.457. The molecule has 0 aliphatic rings. The van der Waals surface area contributed by atoms with Crippen molar-refractivity contribution in [2.75, 3.05) is 0 Å². The Morgan fingerprint density at radius 3 is 2.33 bits per heavy atom. The van der Waals surface area contributed by atoms with Crippen molar-refractivity contribution in [2.45, 2.75) is 6.42 Å². The van der Waals surface area contributed by atoms with E-state index in [2.05, 4.69) is 4.98 Å². The summed E-state index contributed by atoms with van der Waals surface area (Å²) >= 11 is 0. The number of rotatable bonds is 2. The zero-order chi connectivity index (χ0) is 16.7. The zero-order valence-corrected chi connectivity index (χ0v) is 12.6. The monoisotopic (exact) mass is 319 g/mol. The van der Waals surface area contributed by atoms with Crippen LogP contribution in [-0.4, -0.2) is 10.1 Å². The number of fused-ring (bicyclic) bond motifs is 3. The van der Waals surface area contributed by atoms with Gasteiger partial charge in [0.25, 0.3) is 5.56 Å². The van der Waals surface area contributed by atoms with Gasteiger partial charge in [-0.25, -0.2) is 4.79 Å². The number of aromatic nitrogens is 1. The van der Waals surface area contributed by atoms with E-state index in [-0.39, 0.29) is 29.0 Å². The quantitative estimate of drug-likeness (QED) is 0.556. The molecule has 5 heteroatoms. The molecular weight excluding hydrogens is 306 g/mol. The minimum absolute atomic E-state index is 0.0157. The Kier molecular flexibility index (Phi) is 3.20. The van der Waals surface area contributed by atoms with Crippen LogP contribution in [0, 0.1) is 0 Å². The average molecular weight is 319 g/mol. The summed E-state index contributed by atoms with van der Waals surface area (Å²) in [4.78, 5) is 26.9. The number of pyridine rings is 1. The van der Waals surface area contributed by atoms with Crippen LogP contribution >= 0.6 is 0 Å². The molecule has 24 heavy (non-hydrogen) atoms. The molecule has 0 atom stereocenters. The highest BCUT2D eigenvalue weighted by Gasteiger charge is 2.18. The lowest BCUT2D eigenvalue weighted by atomic mass is 10.0. The molecule has 0 fully saturated rings.